The first-order chi connectivity index (χ1) is 23.6. The molecule has 18 nitrogen and oxygen atoms in total. The number of aromatic amines is 2. The predicted octanol–water partition coefficient (Wildman–Crippen LogP) is 1.77. The lowest BCUT2D eigenvalue weighted by Crippen LogP contribution is -2.15. The van der Waals surface area contributed by atoms with E-state index in [9.17, 15) is 0 Å². The van der Waals surface area contributed by atoms with Gasteiger partial charge in [0.25, 0.3) is 0 Å². The number of H-pyrrole nitrogens is 2. The van der Waals surface area contributed by atoms with Gasteiger partial charge in [-0.2, -0.15) is 0 Å². The lowest BCUT2D eigenvalue weighted by molar-refractivity contribution is 0.480. The highest BCUT2D eigenvalue weighted by atomic mass is 16.3. The Bertz CT molecular complexity index is 1150. The maximum Gasteiger partial charge on any atom is 0.207 e. The van der Waals surface area contributed by atoms with Gasteiger partial charge in [0.2, 0.25) is 5.89 Å². The van der Waals surface area contributed by atoms with Crippen molar-refractivity contribution >= 4 is 12.1 Å². The molecule has 1 aliphatic rings. The molecule has 0 radical (unpaired) electrons. The quantitative estimate of drug-likeness (QED) is 0.0936. The number of amidine groups is 1. The van der Waals surface area contributed by atoms with E-state index in [4.69, 9.17) is 13.3 Å². The van der Waals surface area contributed by atoms with Gasteiger partial charge in [0.1, 0.15) is 29.9 Å². The van der Waals surface area contributed by atoms with Crippen molar-refractivity contribution in [1.82, 2.24) is 66.8 Å². The Morgan fingerprint density at radius 3 is 1.96 bits per heavy atom. The van der Waals surface area contributed by atoms with Crippen LogP contribution in [-0.4, -0.2) is 102 Å². The first kappa shape index (κ1) is 44.1. The smallest absolute Gasteiger partial charge is 0.207 e. The molecule has 0 aromatic carbocycles. The molecular formula is C31H55N15O3. The molecule has 1 aliphatic heterocycles. The molecule has 0 saturated carbocycles. The third-order valence-corrected chi connectivity index (χ3v) is 5.24. The number of aromatic nitrogens is 7. The Hall–Kier alpha value is -4.85. The Balaban J connectivity index is 0.000000562. The second-order valence-corrected chi connectivity index (χ2v) is 9.24. The maximum absolute atomic E-state index is 4.90. The molecule has 49 heavy (non-hydrogen) atoms. The standard InChI is InChI=1S/3C5H9N3.3C5H8N2O.CH4/c1-6-2-5-3-7-4-8-5;2*1-6-4-5-7-2-3-8-5;1-6-2-5-3-8-4-7-5;1-6-2-5-3-7-4-8-5;1-6-4-5-7-2-3-8-5;/h3-4,6H,2H2,1H3,(H,7,8);2,6H,3-4H2,1H3;2-3,6H,4H2,1H3,(H,7,8);2*3-4,6H,2H2,1H3;2-3,6H,4H2,1H3;1H4. The summed E-state index contributed by atoms with van der Waals surface area (Å²) in [4.78, 5) is 33.3. The van der Waals surface area contributed by atoms with E-state index in [-0.39, 0.29) is 7.43 Å². The molecule has 0 spiro atoms. The number of aliphatic imine (C=N–C) groups is 2. The van der Waals surface area contributed by atoms with Gasteiger partial charge < -0.3 is 55.1 Å². The van der Waals surface area contributed by atoms with Gasteiger partial charge in [-0.05, 0) is 42.3 Å². The van der Waals surface area contributed by atoms with E-state index in [2.05, 4.69) is 76.8 Å². The first-order valence-corrected chi connectivity index (χ1v) is 15.1. The Kier molecular flexibility index (Phi) is 28.6. The van der Waals surface area contributed by atoms with Crippen molar-refractivity contribution in [3.63, 3.8) is 0 Å². The van der Waals surface area contributed by atoms with Crippen LogP contribution in [0.15, 0.2) is 85.9 Å². The minimum absolute atomic E-state index is 0. The van der Waals surface area contributed by atoms with Crippen LogP contribution in [0.25, 0.3) is 0 Å². The molecule has 0 bridgehead atoms. The summed E-state index contributed by atoms with van der Waals surface area (Å²) >= 11 is 0. The van der Waals surface area contributed by atoms with Crippen molar-refractivity contribution in [2.45, 2.75) is 40.2 Å². The van der Waals surface area contributed by atoms with Crippen LogP contribution in [0.2, 0.25) is 0 Å². The summed E-state index contributed by atoms with van der Waals surface area (Å²) in [6.07, 6.45) is 18.2. The second kappa shape index (κ2) is 31.7. The van der Waals surface area contributed by atoms with Crippen molar-refractivity contribution in [2.24, 2.45) is 9.98 Å². The molecule has 0 unspecified atom stereocenters. The molecule has 0 aliphatic carbocycles. The summed E-state index contributed by atoms with van der Waals surface area (Å²) in [5.41, 5.74) is 2.06. The zero-order valence-corrected chi connectivity index (χ0v) is 28.7. The van der Waals surface area contributed by atoms with Gasteiger partial charge in [0.15, 0.2) is 12.8 Å². The highest BCUT2D eigenvalue weighted by molar-refractivity contribution is 5.95. The van der Waals surface area contributed by atoms with Gasteiger partial charge in [0.05, 0.1) is 57.1 Å². The summed E-state index contributed by atoms with van der Waals surface area (Å²) in [5.74, 6) is 3.49. The van der Waals surface area contributed by atoms with Crippen molar-refractivity contribution in [3.8, 4) is 0 Å². The molecule has 5 aromatic rings. The van der Waals surface area contributed by atoms with Gasteiger partial charge in [-0.15, -0.1) is 0 Å². The van der Waals surface area contributed by atoms with Crippen molar-refractivity contribution in [3.05, 3.63) is 91.5 Å². The second-order valence-electron chi connectivity index (χ2n) is 9.24. The topological polar surface area (TPSA) is 232 Å². The summed E-state index contributed by atoms with van der Waals surface area (Å²) in [5, 5.41) is 17.7. The van der Waals surface area contributed by atoms with Gasteiger partial charge in [-0.3, -0.25) is 4.99 Å². The number of rotatable bonds is 12. The number of oxazole rings is 3. The molecule has 6 rings (SSSR count). The Morgan fingerprint density at radius 1 is 0.714 bits per heavy atom. The van der Waals surface area contributed by atoms with Crippen LogP contribution in [0.5, 0.6) is 0 Å². The third kappa shape index (κ3) is 24.0. The van der Waals surface area contributed by atoms with Crippen LogP contribution >= 0.6 is 0 Å². The van der Waals surface area contributed by atoms with E-state index in [1.54, 1.807) is 43.6 Å². The van der Waals surface area contributed by atoms with Gasteiger partial charge in [-0.25, -0.2) is 29.9 Å². The minimum Gasteiger partial charge on any atom is -0.451 e. The molecule has 5 aromatic heterocycles. The largest absolute Gasteiger partial charge is 0.451 e. The number of nitrogens with one attached hydrogen (secondary N) is 8. The molecule has 0 atom stereocenters. The van der Waals surface area contributed by atoms with E-state index < -0.39 is 0 Å². The van der Waals surface area contributed by atoms with E-state index in [0.29, 0.717) is 6.54 Å². The lowest BCUT2D eigenvalue weighted by Gasteiger charge is -1.90. The molecule has 0 amide bonds. The fraction of sp³-hybridized carbons (Fsp3) is 0.452. The molecule has 272 valence electrons. The number of hydrogen-bond donors (Lipinski definition) is 8. The highest BCUT2D eigenvalue weighted by Gasteiger charge is 1.96. The Morgan fingerprint density at radius 2 is 1.47 bits per heavy atom. The van der Waals surface area contributed by atoms with Crippen LogP contribution < -0.4 is 31.9 Å². The molecule has 0 fully saturated rings. The van der Waals surface area contributed by atoms with E-state index in [1.165, 1.54) is 12.8 Å². The van der Waals surface area contributed by atoms with Crippen LogP contribution in [-0.2, 0) is 32.7 Å². The molecule has 18 heteroatoms. The average Bonchev–Trinajstić information content (AvgIpc) is 3.93. The summed E-state index contributed by atoms with van der Waals surface area (Å²) < 4.78 is 14.5. The first-order valence-electron chi connectivity index (χ1n) is 15.1. The van der Waals surface area contributed by atoms with E-state index >= 15 is 0 Å². The van der Waals surface area contributed by atoms with Crippen molar-refractivity contribution < 1.29 is 13.3 Å². The molecule has 6 heterocycles. The van der Waals surface area contributed by atoms with Gasteiger partial charge in [0, 0.05) is 43.6 Å². The third-order valence-electron chi connectivity index (χ3n) is 5.24. The zero-order valence-electron chi connectivity index (χ0n) is 28.7. The average molecular weight is 686 g/mol. The van der Waals surface area contributed by atoms with Crippen LogP contribution in [0, 0.1) is 0 Å². The monoisotopic (exact) mass is 685 g/mol. The van der Waals surface area contributed by atoms with Crippen LogP contribution in [0.1, 0.15) is 36.3 Å². The fourth-order valence-corrected chi connectivity index (χ4v) is 3.23. The summed E-state index contributed by atoms with van der Waals surface area (Å²) in [6.45, 7) is 5.45. The summed E-state index contributed by atoms with van der Waals surface area (Å²) in [7, 11) is 11.3. The number of hydrogen-bond acceptors (Lipinski definition) is 16. The van der Waals surface area contributed by atoms with Crippen LogP contribution in [0.3, 0.4) is 0 Å². The Labute approximate surface area is 289 Å². The number of nitrogens with zero attached hydrogens (tertiary/aromatic N) is 7. The summed E-state index contributed by atoms with van der Waals surface area (Å²) in [6, 6.07) is 0. The minimum atomic E-state index is 0. The predicted molar refractivity (Wildman–Crippen MR) is 192 cm³/mol. The lowest BCUT2D eigenvalue weighted by atomic mass is 10.5. The van der Waals surface area contributed by atoms with Gasteiger partial charge >= 0.3 is 0 Å². The molecule has 0 saturated heterocycles. The van der Waals surface area contributed by atoms with Crippen molar-refractivity contribution in [2.75, 3.05) is 55.4 Å². The number of likely N-dealkylation sites (N-methyl/N-ethyl adjacent to an activating group) is 1. The molecular weight excluding hydrogens is 630 g/mol. The normalized spacial score (nSPS) is 10.6. The van der Waals surface area contributed by atoms with Crippen molar-refractivity contribution in [1.29, 1.82) is 0 Å². The highest BCUT2D eigenvalue weighted by Crippen LogP contribution is 1.93. The molecule has 8 N–H and O–H groups in total. The SMILES string of the molecule is C.CNCC1=NCC=N1.CNCc1cnc[nH]1.CNCc1cnco1.CNCc1cocn1.CNCc1ncc[nH]1.CNCc1ncco1. The zero-order chi connectivity index (χ0) is 34.9. The maximum atomic E-state index is 4.90. The van der Waals surface area contributed by atoms with Crippen LogP contribution in [0.4, 0.5) is 0 Å². The van der Waals surface area contributed by atoms with E-state index in [1.807, 2.05) is 54.7 Å². The fourth-order valence-electron chi connectivity index (χ4n) is 3.23. The van der Waals surface area contributed by atoms with E-state index in [0.717, 1.165) is 74.0 Å². The number of imidazole rings is 2. The van der Waals surface area contributed by atoms with Gasteiger partial charge in [-0.1, -0.05) is 7.43 Å².